The minimum atomic E-state index is -1.57. The maximum absolute atomic E-state index is 12.9. The summed E-state index contributed by atoms with van der Waals surface area (Å²) >= 11 is 0. The van der Waals surface area contributed by atoms with Crippen molar-refractivity contribution in [2.24, 2.45) is 0 Å². The van der Waals surface area contributed by atoms with E-state index in [0.717, 1.165) is 70.6 Å². The first-order valence-electron chi connectivity index (χ1n) is 26.2. The number of allylic oxidation sites excluding steroid dienone is 11. The van der Waals surface area contributed by atoms with Gasteiger partial charge in [-0.25, -0.2) is 0 Å². The number of aliphatic hydroxyl groups is 5. The van der Waals surface area contributed by atoms with Gasteiger partial charge in [0.2, 0.25) is 5.91 Å². The topological polar surface area (TPSA) is 149 Å². The van der Waals surface area contributed by atoms with Gasteiger partial charge in [0.25, 0.3) is 0 Å². The lowest BCUT2D eigenvalue weighted by atomic mass is 9.99. The van der Waals surface area contributed by atoms with E-state index < -0.39 is 49.5 Å². The van der Waals surface area contributed by atoms with Crippen LogP contribution in [0.1, 0.15) is 213 Å². The average Bonchev–Trinajstić information content (AvgIpc) is 3.29. The molecule has 7 unspecified atom stereocenters. The van der Waals surface area contributed by atoms with Crippen LogP contribution in [0.25, 0.3) is 0 Å². The summed E-state index contributed by atoms with van der Waals surface area (Å²) in [4.78, 5) is 12.9. The fourth-order valence-electron chi connectivity index (χ4n) is 7.89. The zero-order chi connectivity index (χ0) is 46.6. The second-order valence-corrected chi connectivity index (χ2v) is 17.9. The third-order valence-corrected chi connectivity index (χ3v) is 12.0. The average molecular weight is 900 g/mol. The van der Waals surface area contributed by atoms with E-state index in [9.17, 15) is 30.3 Å². The van der Waals surface area contributed by atoms with Gasteiger partial charge in [0, 0.05) is 6.42 Å². The highest BCUT2D eigenvalue weighted by molar-refractivity contribution is 5.76. The van der Waals surface area contributed by atoms with Crippen molar-refractivity contribution in [2.75, 3.05) is 13.2 Å². The van der Waals surface area contributed by atoms with Crippen molar-refractivity contribution < 1.29 is 39.8 Å². The Bertz CT molecular complexity index is 1230. The number of hydrogen-bond donors (Lipinski definition) is 6. The molecule has 1 fully saturated rings. The first kappa shape index (κ1) is 59.6. The highest BCUT2D eigenvalue weighted by Gasteiger charge is 2.44. The number of carbonyl (C=O) groups is 1. The molecule has 1 heterocycles. The Morgan fingerprint density at radius 2 is 0.969 bits per heavy atom. The summed E-state index contributed by atoms with van der Waals surface area (Å²) in [5.74, 6) is -0.182. The Hall–Kier alpha value is -2.37. The maximum Gasteiger partial charge on any atom is 0.220 e. The predicted molar refractivity (Wildman–Crippen MR) is 267 cm³/mol. The molecule has 6 N–H and O–H groups in total. The smallest absolute Gasteiger partial charge is 0.220 e. The number of nitrogens with one attached hydrogen (secondary N) is 1. The van der Waals surface area contributed by atoms with Gasteiger partial charge in [0.15, 0.2) is 6.29 Å². The van der Waals surface area contributed by atoms with Gasteiger partial charge in [-0.3, -0.25) is 4.79 Å². The van der Waals surface area contributed by atoms with Crippen molar-refractivity contribution in [3.63, 3.8) is 0 Å². The lowest BCUT2D eigenvalue weighted by Crippen LogP contribution is -2.60. The molecule has 0 saturated carbocycles. The fourth-order valence-corrected chi connectivity index (χ4v) is 7.89. The molecule has 1 rings (SSSR count). The van der Waals surface area contributed by atoms with E-state index in [1.165, 1.54) is 122 Å². The highest BCUT2D eigenvalue weighted by atomic mass is 16.7. The second kappa shape index (κ2) is 44.5. The van der Waals surface area contributed by atoms with E-state index in [1.807, 2.05) is 6.08 Å². The third-order valence-electron chi connectivity index (χ3n) is 12.0. The van der Waals surface area contributed by atoms with Crippen LogP contribution in [0.5, 0.6) is 0 Å². The van der Waals surface area contributed by atoms with E-state index in [0.29, 0.717) is 6.42 Å². The Kier molecular flexibility index (Phi) is 41.4. The summed E-state index contributed by atoms with van der Waals surface area (Å²) < 4.78 is 11.2. The number of amides is 1. The molecular formula is C55H97NO8. The third kappa shape index (κ3) is 34.0. The van der Waals surface area contributed by atoms with Crippen molar-refractivity contribution in [1.82, 2.24) is 5.32 Å². The van der Waals surface area contributed by atoms with Crippen molar-refractivity contribution in [3.05, 3.63) is 72.9 Å². The van der Waals surface area contributed by atoms with Gasteiger partial charge in [0.05, 0.1) is 25.4 Å². The Morgan fingerprint density at radius 3 is 1.44 bits per heavy atom. The van der Waals surface area contributed by atoms with Crippen molar-refractivity contribution in [1.29, 1.82) is 0 Å². The Morgan fingerprint density at radius 1 is 0.547 bits per heavy atom. The van der Waals surface area contributed by atoms with Crippen LogP contribution in [-0.2, 0) is 14.3 Å². The summed E-state index contributed by atoms with van der Waals surface area (Å²) in [5.41, 5.74) is 0. The monoisotopic (exact) mass is 900 g/mol. The van der Waals surface area contributed by atoms with Gasteiger partial charge in [-0.2, -0.15) is 0 Å². The number of unbranched alkanes of at least 4 members (excludes halogenated alkanes) is 23. The molecule has 64 heavy (non-hydrogen) atoms. The van der Waals surface area contributed by atoms with E-state index in [4.69, 9.17) is 9.47 Å². The van der Waals surface area contributed by atoms with Gasteiger partial charge >= 0.3 is 0 Å². The molecule has 9 heteroatoms. The molecule has 0 aromatic rings. The Labute approximate surface area is 391 Å². The minimum absolute atomic E-state index is 0.182. The van der Waals surface area contributed by atoms with E-state index in [2.05, 4.69) is 79.9 Å². The lowest BCUT2D eigenvalue weighted by molar-refractivity contribution is -0.302. The molecule has 0 radical (unpaired) electrons. The molecule has 7 atom stereocenters. The first-order chi connectivity index (χ1) is 31.3. The van der Waals surface area contributed by atoms with Gasteiger partial charge < -0.3 is 40.3 Å². The number of aliphatic hydroxyl groups excluding tert-OH is 5. The summed E-state index contributed by atoms with van der Waals surface area (Å²) in [7, 11) is 0. The molecular weight excluding hydrogens is 803 g/mol. The molecule has 370 valence electrons. The summed E-state index contributed by atoms with van der Waals surface area (Å²) in [5, 5.41) is 54.1. The van der Waals surface area contributed by atoms with Gasteiger partial charge in [-0.15, -0.1) is 0 Å². The molecule has 1 amide bonds. The van der Waals surface area contributed by atoms with E-state index in [-0.39, 0.29) is 12.5 Å². The van der Waals surface area contributed by atoms with Crippen LogP contribution in [0, 0.1) is 0 Å². The molecule has 0 aliphatic carbocycles. The maximum atomic E-state index is 12.9. The molecule has 0 spiro atoms. The van der Waals surface area contributed by atoms with Crippen molar-refractivity contribution >= 4 is 5.91 Å². The second-order valence-electron chi connectivity index (χ2n) is 17.9. The number of carbonyl (C=O) groups excluding carboxylic acids is 1. The van der Waals surface area contributed by atoms with Crippen molar-refractivity contribution in [2.45, 2.75) is 256 Å². The van der Waals surface area contributed by atoms with Crippen LogP contribution >= 0.6 is 0 Å². The molecule has 0 aromatic heterocycles. The van der Waals surface area contributed by atoms with Crippen LogP contribution in [0.3, 0.4) is 0 Å². The summed E-state index contributed by atoms with van der Waals surface area (Å²) in [6.07, 6.45) is 54.2. The van der Waals surface area contributed by atoms with Crippen LogP contribution in [-0.4, -0.2) is 87.5 Å². The molecule has 9 nitrogen and oxygen atoms in total. The number of hydrogen-bond acceptors (Lipinski definition) is 8. The highest BCUT2D eigenvalue weighted by Crippen LogP contribution is 2.23. The zero-order valence-corrected chi connectivity index (χ0v) is 40.8. The standard InChI is InChI=1S/C55H97NO8/c1-3-5-7-9-11-13-14-15-16-17-18-19-20-21-22-23-24-25-26-27-28-29-30-31-32-33-34-35-36-37-39-41-43-45-51(59)56-48(49(58)44-42-40-38-12-10-8-6-4-2)47-63-55-54(62)53(61)52(60)50(46-57)64-55/h5,7,11,13,15-16,18-19,21-22,42,44,48-50,52-55,57-58,60-62H,3-4,6,8-10,12,14,17,20,23-41,43,45-47H2,1-2H3,(H,56,59)/b7-5-,13-11-,16-15-,19-18-,22-21-,44-42+. The lowest BCUT2D eigenvalue weighted by Gasteiger charge is -2.40. The van der Waals surface area contributed by atoms with Gasteiger partial charge in [0.1, 0.15) is 24.4 Å². The summed E-state index contributed by atoms with van der Waals surface area (Å²) in [6, 6.07) is -0.803. The van der Waals surface area contributed by atoms with Crippen LogP contribution in [0.15, 0.2) is 72.9 Å². The molecule has 0 aromatic carbocycles. The first-order valence-corrected chi connectivity index (χ1v) is 26.2. The summed E-state index contributed by atoms with van der Waals surface area (Å²) in [6.45, 7) is 3.61. The van der Waals surface area contributed by atoms with Crippen LogP contribution < -0.4 is 5.32 Å². The zero-order valence-electron chi connectivity index (χ0n) is 40.8. The Balaban J connectivity index is 2.08. The fraction of sp³-hybridized carbons (Fsp3) is 0.764. The minimum Gasteiger partial charge on any atom is -0.394 e. The van der Waals surface area contributed by atoms with Crippen LogP contribution in [0.2, 0.25) is 0 Å². The molecule has 0 bridgehead atoms. The van der Waals surface area contributed by atoms with Crippen LogP contribution in [0.4, 0.5) is 0 Å². The largest absolute Gasteiger partial charge is 0.394 e. The van der Waals surface area contributed by atoms with E-state index in [1.54, 1.807) is 6.08 Å². The molecule has 1 aliphatic rings. The number of rotatable bonds is 43. The quantitative estimate of drug-likeness (QED) is 0.0262. The van der Waals surface area contributed by atoms with E-state index >= 15 is 0 Å². The molecule has 1 saturated heterocycles. The normalized spacial score (nSPS) is 20.6. The van der Waals surface area contributed by atoms with Crippen molar-refractivity contribution in [3.8, 4) is 0 Å². The number of ether oxygens (including phenoxy) is 2. The van der Waals surface area contributed by atoms with Gasteiger partial charge in [-0.05, 0) is 64.2 Å². The van der Waals surface area contributed by atoms with Gasteiger partial charge in [-0.1, -0.05) is 215 Å². The predicted octanol–water partition coefficient (Wildman–Crippen LogP) is 12.1. The molecule has 1 aliphatic heterocycles. The SMILES string of the molecule is CC/C=C\C/C=C\C/C=C\C/C=C\C/C=C\CCCCCCCCCCCCCCCCCCCC(=O)NC(COC1OC(CO)C(O)C(O)C1O)C(O)/C=C/CCCCCCCC.